The quantitative estimate of drug-likeness (QED) is 0.697. The molecule has 2 aromatic carbocycles. The fourth-order valence-electron chi connectivity index (χ4n) is 3.69. The second-order valence-electron chi connectivity index (χ2n) is 8.09. The Morgan fingerprint density at radius 1 is 0.968 bits per heavy atom. The van der Waals surface area contributed by atoms with E-state index in [-0.39, 0.29) is 6.04 Å². The molecule has 0 spiro atoms. The van der Waals surface area contributed by atoms with Crippen LogP contribution >= 0.6 is 0 Å². The van der Waals surface area contributed by atoms with Gasteiger partial charge in [-0.15, -0.1) is 0 Å². The van der Waals surface area contributed by atoms with Gasteiger partial charge in [0.1, 0.15) is 5.75 Å². The van der Waals surface area contributed by atoms with Gasteiger partial charge >= 0.3 is 11.8 Å². The number of piperazine rings is 1. The van der Waals surface area contributed by atoms with Crippen LogP contribution in [0.1, 0.15) is 22.7 Å². The highest BCUT2D eigenvalue weighted by molar-refractivity contribution is 6.39. The zero-order chi connectivity index (χ0) is 22.4. The smallest absolute Gasteiger partial charge is 0.313 e. The number of hydrogen-bond acceptors (Lipinski definition) is 5. The first-order chi connectivity index (χ1) is 14.9. The molecule has 0 aromatic heterocycles. The number of hydrogen-bond donors (Lipinski definition) is 2. The van der Waals surface area contributed by atoms with Gasteiger partial charge in [0.15, 0.2) is 0 Å². The Kier molecular flexibility index (Phi) is 7.65. The minimum Gasteiger partial charge on any atom is -0.497 e. The van der Waals surface area contributed by atoms with Crippen LogP contribution in [0.5, 0.6) is 5.75 Å². The molecule has 1 aliphatic rings. The summed E-state index contributed by atoms with van der Waals surface area (Å²) >= 11 is 0. The number of likely N-dealkylation sites (N-methyl/N-ethyl adjacent to an activating group) is 1. The first-order valence-electron chi connectivity index (χ1n) is 10.6. The highest BCUT2D eigenvalue weighted by atomic mass is 16.5. The number of aryl methyl sites for hydroxylation is 2. The molecule has 0 unspecified atom stereocenters. The molecule has 3 rings (SSSR count). The molecule has 1 saturated heterocycles. The number of nitrogens with one attached hydrogen (secondary N) is 2. The Balaban J connectivity index is 1.66. The van der Waals surface area contributed by atoms with Crippen molar-refractivity contribution in [2.75, 3.05) is 52.2 Å². The van der Waals surface area contributed by atoms with E-state index in [0.29, 0.717) is 12.2 Å². The number of rotatable bonds is 6. The average Bonchev–Trinajstić information content (AvgIpc) is 2.77. The van der Waals surface area contributed by atoms with Gasteiger partial charge in [-0.1, -0.05) is 18.2 Å². The minimum absolute atomic E-state index is 0.0158. The van der Waals surface area contributed by atoms with E-state index in [4.69, 9.17) is 4.74 Å². The van der Waals surface area contributed by atoms with Crippen molar-refractivity contribution in [1.29, 1.82) is 0 Å². The van der Waals surface area contributed by atoms with Crippen LogP contribution in [0.4, 0.5) is 5.69 Å². The summed E-state index contributed by atoms with van der Waals surface area (Å²) in [5.74, 6) is -0.501. The van der Waals surface area contributed by atoms with E-state index in [1.807, 2.05) is 50.2 Å². The molecular weight excluding hydrogens is 392 g/mol. The average molecular weight is 425 g/mol. The maximum Gasteiger partial charge on any atom is 0.313 e. The van der Waals surface area contributed by atoms with Crippen molar-refractivity contribution in [1.82, 2.24) is 15.1 Å². The third-order valence-corrected chi connectivity index (χ3v) is 5.91. The van der Waals surface area contributed by atoms with Crippen LogP contribution in [0.25, 0.3) is 0 Å². The van der Waals surface area contributed by atoms with Crippen molar-refractivity contribution in [3.05, 3.63) is 59.2 Å². The van der Waals surface area contributed by atoms with Gasteiger partial charge in [0.25, 0.3) is 0 Å². The van der Waals surface area contributed by atoms with Crippen LogP contribution in [-0.2, 0) is 9.59 Å². The van der Waals surface area contributed by atoms with Crippen LogP contribution in [0.2, 0.25) is 0 Å². The molecule has 0 bridgehead atoms. The molecule has 2 amide bonds. The molecule has 7 nitrogen and oxygen atoms in total. The summed E-state index contributed by atoms with van der Waals surface area (Å²) < 4.78 is 5.27. The third kappa shape index (κ3) is 6.06. The number of carbonyl (C=O) groups excluding carboxylic acids is 2. The normalized spacial score (nSPS) is 15.9. The van der Waals surface area contributed by atoms with E-state index in [1.54, 1.807) is 13.2 Å². The van der Waals surface area contributed by atoms with Gasteiger partial charge in [0.2, 0.25) is 0 Å². The first-order valence-corrected chi connectivity index (χ1v) is 10.6. The maximum atomic E-state index is 12.5. The van der Waals surface area contributed by atoms with E-state index in [0.717, 1.165) is 48.6 Å². The summed E-state index contributed by atoms with van der Waals surface area (Å²) in [4.78, 5) is 29.5. The van der Waals surface area contributed by atoms with Crippen molar-refractivity contribution < 1.29 is 14.3 Å². The molecule has 1 aliphatic heterocycles. The minimum atomic E-state index is -0.657. The largest absolute Gasteiger partial charge is 0.497 e. The molecule has 2 aromatic rings. The van der Waals surface area contributed by atoms with Crippen molar-refractivity contribution in [2.45, 2.75) is 19.9 Å². The zero-order valence-electron chi connectivity index (χ0n) is 18.8. The van der Waals surface area contributed by atoms with Crippen molar-refractivity contribution in [3.63, 3.8) is 0 Å². The standard InChI is InChI=1S/C24H32N4O3/c1-17-5-8-20(15-18(17)2)26-24(30)23(29)25-16-22(28-13-11-27(3)12-14-28)19-6-9-21(31-4)10-7-19/h5-10,15,22H,11-14,16H2,1-4H3,(H,25,29)(H,26,30)/t22-/m1/s1. The monoisotopic (exact) mass is 424 g/mol. The van der Waals surface area contributed by atoms with Crippen LogP contribution in [-0.4, -0.2) is 68.5 Å². The zero-order valence-corrected chi connectivity index (χ0v) is 18.8. The summed E-state index contributed by atoms with van der Waals surface area (Å²) in [7, 11) is 3.75. The van der Waals surface area contributed by atoms with Crippen molar-refractivity contribution in [3.8, 4) is 5.75 Å². The number of carbonyl (C=O) groups is 2. The van der Waals surface area contributed by atoms with Gasteiger partial charge in [-0.3, -0.25) is 14.5 Å². The molecule has 166 valence electrons. The van der Waals surface area contributed by atoms with E-state index in [9.17, 15) is 9.59 Å². The Labute approximate surface area is 184 Å². The lowest BCUT2D eigenvalue weighted by molar-refractivity contribution is -0.136. The molecule has 1 heterocycles. The number of methoxy groups -OCH3 is 1. The van der Waals surface area contributed by atoms with Gasteiger partial charge < -0.3 is 20.3 Å². The number of ether oxygens (including phenoxy) is 1. The Bertz CT molecular complexity index is 906. The predicted octanol–water partition coefficient (Wildman–Crippen LogP) is 2.36. The molecule has 1 atom stereocenters. The van der Waals surface area contributed by atoms with Crippen LogP contribution in [0.3, 0.4) is 0 Å². The number of amides is 2. The van der Waals surface area contributed by atoms with Crippen molar-refractivity contribution >= 4 is 17.5 Å². The van der Waals surface area contributed by atoms with Gasteiger partial charge in [0.05, 0.1) is 13.2 Å². The van der Waals surface area contributed by atoms with Crippen LogP contribution < -0.4 is 15.4 Å². The summed E-state index contributed by atoms with van der Waals surface area (Å²) in [6, 6.07) is 13.5. The molecule has 7 heteroatoms. The summed E-state index contributed by atoms with van der Waals surface area (Å²) in [6.45, 7) is 8.07. The van der Waals surface area contributed by atoms with E-state index >= 15 is 0 Å². The number of nitrogens with zero attached hydrogens (tertiary/aromatic N) is 2. The molecule has 2 N–H and O–H groups in total. The highest BCUT2D eigenvalue weighted by Crippen LogP contribution is 2.24. The SMILES string of the molecule is COc1ccc([C@@H](CNC(=O)C(=O)Nc2ccc(C)c(C)c2)N2CCN(C)CC2)cc1. The lowest BCUT2D eigenvalue weighted by Gasteiger charge is -2.38. The first kappa shape index (κ1) is 22.8. The van der Waals surface area contributed by atoms with E-state index in [2.05, 4.69) is 27.5 Å². The van der Waals surface area contributed by atoms with Gasteiger partial charge in [-0.05, 0) is 61.9 Å². The Hall–Kier alpha value is -2.90. The predicted molar refractivity (Wildman–Crippen MR) is 122 cm³/mol. The number of anilines is 1. The van der Waals surface area contributed by atoms with Crippen LogP contribution in [0, 0.1) is 13.8 Å². The fraction of sp³-hybridized carbons (Fsp3) is 0.417. The van der Waals surface area contributed by atoms with E-state index < -0.39 is 11.8 Å². The summed E-state index contributed by atoms with van der Waals surface area (Å²) in [6.07, 6.45) is 0. The Morgan fingerprint density at radius 3 is 2.26 bits per heavy atom. The second kappa shape index (κ2) is 10.4. The summed E-state index contributed by atoms with van der Waals surface area (Å²) in [5, 5.41) is 5.51. The molecular formula is C24H32N4O3. The third-order valence-electron chi connectivity index (χ3n) is 5.91. The van der Waals surface area contributed by atoms with Gasteiger partial charge in [0, 0.05) is 38.4 Å². The molecule has 31 heavy (non-hydrogen) atoms. The molecule has 0 aliphatic carbocycles. The van der Waals surface area contributed by atoms with Crippen molar-refractivity contribution in [2.24, 2.45) is 0 Å². The topological polar surface area (TPSA) is 73.9 Å². The lowest BCUT2D eigenvalue weighted by atomic mass is 10.0. The van der Waals surface area contributed by atoms with E-state index in [1.165, 1.54) is 0 Å². The second-order valence-corrected chi connectivity index (χ2v) is 8.09. The molecule has 0 saturated carbocycles. The fourth-order valence-corrected chi connectivity index (χ4v) is 3.69. The van der Waals surface area contributed by atoms with Gasteiger partial charge in [-0.25, -0.2) is 0 Å². The molecule has 1 fully saturated rings. The highest BCUT2D eigenvalue weighted by Gasteiger charge is 2.25. The number of benzene rings is 2. The lowest BCUT2D eigenvalue weighted by Crippen LogP contribution is -2.49. The summed E-state index contributed by atoms with van der Waals surface area (Å²) in [5.41, 5.74) is 3.90. The van der Waals surface area contributed by atoms with Gasteiger partial charge in [-0.2, -0.15) is 0 Å². The van der Waals surface area contributed by atoms with Crippen LogP contribution in [0.15, 0.2) is 42.5 Å². The Morgan fingerprint density at radius 2 is 1.65 bits per heavy atom. The maximum absolute atomic E-state index is 12.5. The molecule has 0 radical (unpaired) electrons.